The number of thioether (sulfide) groups is 1. The number of carbonyl (C=O) groups is 1. The standard InChI is InChI=1S/C27H25F3O5S/c1-32-26(31)16-34-24-13-14-25(23-4-2-3-22(23)24)36-17-19-7-9-20(10-8-19)33-15-18-5-11-21(12-6-18)35-27(28,29)30/h5-14H,2-4,15-17H2,1H3. The van der Waals surface area contributed by atoms with Gasteiger partial charge in [-0.05, 0) is 77.9 Å². The van der Waals surface area contributed by atoms with E-state index in [0.29, 0.717) is 5.75 Å². The van der Waals surface area contributed by atoms with E-state index in [1.54, 1.807) is 11.8 Å². The van der Waals surface area contributed by atoms with E-state index in [2.05, 4.69) is 9.47 Å². The maximum absolute atomic E-state index is 12.3. The molecule has 4 rings (SSSR count). The molecule has 0 saturated carbocycles. The van der Waals surface area contributed by atoms with Gasteiger partial charge in [-0.3, -0.25) is 0 Å². The predicted molar refractivity (Wildman–Crippen MR) is 129 cm³/mol. The number of esters is 1. The number of benzene rings is 3. The molecular weight excluding hydrogens is 493 g/mol. The second-order valence-electron chi connectivity index (χ2n) is 8.15. The fraction of sp³-hybridized carbons (Fsp3) is 0.296. The third-order valence-electron chi connectivity index (χ3n) is 5.65. The van der Waals surface area contributed by atoms with E-state index in [4.69, 9.17) is 9.47 Å². The van der Waals surface area contributed by atoms with Gasteiger partial charge in [-0.1, -0.05) is 24.3 Å². The van der Waals surface area contributed by atoms with Crippen molar-refractivity contribution in [3.8, 4) is 17.2 Å². The van der Waals surface area contributed by atoms with Crippen LogP contribution in [0.25, 0.3) is 0 Å². The Balaban J connectivity index is 1.29. The molecule has 0 bridgehead atoms. The Morgan fingerprint density at radius 2 is 1.53 bits per heavy atom. The Bertz CT molecular complexity index is 1180. The molecule has 3 aromatic carbocycles. The van der Waals surface area contributed by atoms with Gasteiger partial charge in [-0.15, -0.1) is 24.9 Å². The van der Waals surface area contributed by atoms with Crippen LogP contribution in [0.4, 0.5) is 13.2 Å². The minimum Gasteiger partial charge on any atom is -0.489 e. The third kappa shape index (κ3) is 7.10. The number of ether oxygens (including phenoxy) is 4. The van der Waals surface area contributed by atoms with E-state index in [0.717, 1.165) is 41.9 Å². The first-order valence-electron chi connectivity index (χ1n) is 11.3. The van der Waals surface area contributed by atoms with Crippen molar-refractivity contribution in [1.82, 2.24) is 0 Å². The highest BCUT2D eigenvalue weighted by atomic mass is 32.2. The zero-order chi connectivity index (χ0) is 25.5. The Morgan fingerprint density at radius 1 is 0.861 bits per heavy atom. The molecule has 36 heavy (non-hydrogen) atoms. The average Bonchev–Trinajstić information content (AvgIpc) is 3.36. The molecule has 0 spiro atoms. The van der Waals surface area contributed by atoms with Gasteiger partial charge < -0.3 is 18.9 Å². The highest BCUT2D eigenvalue weighted by molar-refractivity contribution is 7.98. The summed E-state index contributed by atoms with van der Waals surface area (Å²) < 4.78 is 56.7. The average molecular weight is 519 g/mol. The van der Waals surface area contributed by atoms with E-state index in [9.17, 15) is 18.0 Å². The molecule has 0 heterocycles. The van der Waals surface area contributed by atoms with E-state index in [1.807, 2.05) is 36.4 Å². The number of alkyl halides is 3. The van der Waals surface area contributed by atoms with Crippen LogP contribution in [0.5, 0.6) is 17.2 Å². The lowest BCUT2D eigenvalue weighted by Gasteiger charge is -2.14. The molecule has 0 unspecified atom stereocenters. The summed E-state index contributed by atoms with van der Waals surface area (Å²) in [7, 11) is 1.34. The number of methoxy groups -OCH3 is 1. The van der Waals surface area contributed by atoms with Gasteiger partial charge in [0.15, 0.2) is 6.61 Å². The van der Waals surface area contributed by atoms with E-state index in [1.165, 1.54) is 47.4 Å². The molecule has 0 fully saturated rings. The summed E-state index contributed by atoms with van der Waals surface area (Å²) >= 11 is 1.76. The number of halogens is 3. The molecule has 0 saturated heterocycles. The lowest BCUT2D eigenvalue weighted by Crippen LogP contribution is -2.17. The van der Waals surface area contributed by atoms with E-state index < -0.39 is 12.3 Å². The lowest BCUT2D eigenvalue weighted by atomic mass is 10.1. The highest BCUT2D eigenvalue weighted by Crippen LogP contribution is 2.38. The molecule has 190 valence electrons. The summed E-state index contributed by atoms with van der Waals surface area (Å²) in [5.41, 5.74) is 4.33. The fourth-order valence-electron chi connectivity index (χ4n) is 3.90. The number of hydrogen-bond donors (Lipinski definition) is 0. The summed E-state index contributed by atoms with van der Waals surface area (Å²) in [6, 6.07) is 17.3. The zero-order valence-electron chi connectivity index (χ0n) is 19.6. The molecule has 0 aliphatic heterocycles. The predicted octanol–water partition coefficient (Wildman–Crippen LogP) is 6.50. The Hall–Kier alpha value is -3.33. The topological polar surface area (TPSA) is 54.0 Å². The van der Waals surface area contributed by atoms with Crippen molar-refractivity contribution in [3.63, 3.8) is 0 Å². The van der Waals surface area contributed by atoms with Gasteiger partial charge in [-0.25, -0.2) is 4.79 Å². The monoisotopic (exact) mass is 518 g/mol. The molecule has 5 nitrogen and oxygen atoms in total. The van der Waals surface area contributed by atoms with Crippen molar-refractivity contribution in [2.24, 2.45) is 0 Å². The molecule has 3 aromatic rings. The molecule has 1 aliphatic rings. The molecule has 0 amide bonds. The van der Waals surface area contributed by atoms with Crippen LogP contribution in [0.1, 0.15) is 28.7 Å². The first-order chi connectivity index (χ1) is 17.3. The van der Waals surface area contributed by atoms with Crippen LogP contribution in [0.15, 0.2) is 65.6 Å². The van der Waals surface area contributed by atoms with Gasteiger partial charge in [0.2, 0.25) is 0 Å². The van der Waals surface area contributed by atoms with Crippen LogP contribution in [0.2, 0.25) is 0 Å². The number of rotatable bonds is 10. The van der Waals surface area contributed by atoms with Crippen LogP contribution < -0.4 is 14.2 Å². The quantitative estimate of drug-likeness (QED) is 0.226. The number of carbonyl (C=O) groups excluding carboxylic acids is 1. The summed E-state index contributed by atoms with van der Waals surface area (Å²) in [4.78, 5) is 12.6. The van der Waals surface area contributed by atoms with Crippen molar-refractivity contribution in [3.05, 3.63) is 82.9 Å². The van der Waals surface area contributed by atoms with E-state index >= 15 is 0 Å². The third-order valence-corrected chi connectivity index (χ3v) is 6.82. The Labute approximate surface area is 211 Å². The molecule has 0 radical (unpaired) electrons. The number of fused-ring (bicyclic) bond motifs is 1. The molecular formula is C27H25F3O5S. The minimum atomic E-state index is -4.71. The van der Waals surface area contributed by atoms with Gasteiger partial charge in [0.05, 0.1) is 7.11 Å². The second kappa shape index (κ2) is 11.6. The maximum atomic E-state index is 12.3. The second-order valence-corrected chi connectivity index (χ2v) is 9.17. The summed E-state index contributed by atoms with van der Waals surface area (Å²) in [5, 5.41) is 0. The summed E-state index contributed by atoms with van der Waals surface area (Å²) in [6.07, 6.45) is -1.72. The van der Waals surface area contributed by atoms with Crippen LogP contribution >= 0.6 is 11.8 Å². The summed E-state index contributed by atoms with van der Waals surface area (Å²) in [5.74, 6) is 1.55. The first kappa shape index (κ1) is 25.8. The maximum Gasteiger partial charge on any atom is 0.573 e. The smallest absolute Gasteiger partial charge is 0.489 e. The van der Waals surface area contributed by atoms with Gasteiger partial charge in [0.1, 0.15) is 23.9 Å². The molecule has 9 heteroatoms. The van der Waals surface area contributed by atoms with Crippen molar-refractivity contribution in [1.29, 1.82) is 0 Å². The minimum absolute atomic E-state index is 0.0956. The summed E-state index contributed by atoms with van der Waals surface area (Å²) in [6.45, 7) is 0.137. The van der Waals surface area contributed by atoms with E-state index in [-0.39, 0.29) is 19.0 Å². The van der Waals surface area contributed by atoms with Crippen molar-refractivity contribution in [2.45, 2.75) is 42.9 Å². The first-order valence-corrected chi connectivity index (χ1v) is 12.3. The van der Waals surface area contributed by atoms with Crippen LogP contribution in [-0.2, 0) is 34.7 Å². The van der Waals surface area contributed by atoms with Crippen LogP contribution in [0, 0.1) is 0 Å². The lowest BCUT2D eigenvalue weighted by molar-refractivity contribution is -0.274. The fourth-order valence-corrected chi connectivity index (χ4v) is 4.98. The number of hydrogen-bond acceptors (Lipinski definition) is 6. The van der Waals surface area contributed by atoms with Gasteiger partial charge in [0, 0.05) is 10.6 Å². The van der Waals surface area contributed by atoms with Crippen molar-refractivity contribution < 1.29 is 36.9 Å². The SMILES string of the molecule is COC(=O)COc1ccc(SCc2ccc(OCc3ccc(OC(F)(F)F)cc3)cc2)c2c1CCC2. The molecule has 0 atom stereocenters. The van der Waals surface area contributed by atoms with Crippen molar-refractivity contribution >= 4 is 17.7 Å². The van der Waals surface area contributed by atoms with Crippen molar-refractivity contribution in [2.75, 3.05) is 13.7 Å². The molecule has 0 N–H and O–H groups in total. The van der Waals surface area contributed by atoms with Gasteiger partial charge in [-0.2, -0.15) is 0 Å². The van der Waals surface area contributed by atoms with Gasteiger partial charge in [0.25, 0.3) is 0 Å². The Morgan fingerprint density at radius 3 is 2.22 bits per heavy atom. The highest BCUT2D eigenvalue weighted by Gasteiger charge is 2.31. The normalized spacial score (nSPS) is 12.7. The van der Waals surface area contributed by atoms with Crippen LogP contribution in [0.3, 0.4) is 0 Å². The van der Waals surface area contributed by atoms with Gasteiger partial charge >= 0.3 is 12.3 Å². The largest absolute Gasteiger partial charge is 0.573 e. The zero-order valence-corrected chi connectivity index (χ0v) is 20.4. The molecule has 0 aromatic heterocycles. The van der Waals surface area contributed by atoms with Crippen LogP contribution in [-0.4, -0.2) is 26.0 Å². The Kier molecular flexibility index (Phi) is 8.30. The molecule has 1 aliphatic carbocycles.